The molecule has 3 N–H and O–H groups in total. The van der Waals surface area contributed by atoms with Gasteiger partial charge in [-0.15, -0.1) is 0 Å². The molecular formula is C37H40N2O6. The number of nitrogens with zero attached hydrogens (tertiary/aromatic N) is 2. The Labute approximate surface area is 264 Å². The zero-order valence-corrected chi connectivity index (χ0v) is 26.0. The average molecular weight is 609 g/mol. The van der Waals surface area contributed by atoms with Crippen LogP contribution in [-0.4, -0.2) is 59.4 Å². The van der Waals surface area contributed by atoms with E-state index in [0.29, 0.717) is 52.7 Å². The van der Waals surface area contributed by atoms with Crippen LogP contribution in [0, 0.1) is 0 Å². The fourth-order valence-corrected chi connectivity index (χ4v) is 7.25. The van der Waals surface area contributed by atoms with E-state index in [1.807, 2.05) is 24.3 Å². The van der Waals surface area contributed by atoms with Crippen molar-refractivity contribution in [3.63, 3.8) is 0 Å². The van der Waals surface area contributed by atoms with E-state index in [1.54, 1.807) is 13.2 Å². The summed E-state index contributed by atoms with van der Waals surface area (Å²) < 4.78 is 19.1. The molecule has 0 fully saturated rings. The minimum absolute atomic E-state index is 0.0224. The number of rotatable bonds is 3. The topological polar surface area (TPSA) is 94.9 Å². The predicted octanol–water partition coefficient (Wildman–Crippen LogP) is 5.83. The quantitative estimate of drug-likeness (QED) is 0.268. The SMILES string of the molecule is COc1c(CO)cc2c3c1Oc1cc4c(cc1CO)CCN(C)[C@H]4Cc1ccc(O)c(c1)Oc1ccc(cc1)C[C@H]3N(C)CC2. The highest BCUT2D eigenvalue weighted by atomic mass is 16.5. The van der Waals surface area contributed by atoms with Crippen molar-refractivity contribution in [2.24, 2.45) is 0 Å². The van der Waals surface area contributed by atoms with E-state index >= 15 is 0 Å². The number of hydrogen-bond donors (Lipinski definition) is 3. The van der Waals surface area contributed by atoms with Gasteiger partial charge in [-0.1, -0.05) is 18.2 Å². The molecule has 4 aliphatic heterocycles. The molecule has 4 aromatic rings. The van der Waals surface area contributed by atoms with Gasteiger partial charge in [0, 0.05) is 41.9 Å². The maximum absolute atomic E-state index is 10.7. The molecule has 8 rings (SSSR count). The Balaban J connectivity index is 1.46. The minimum atomic E-state index is -0.173. The number of aliphatic hydroxyl groups excluding tert-OH is 2. The third-order valence-corrected chi connectivity index (χ3v) is 9.77. The summed E-state index contributed by atoms with van der Waals surface area (Å²) in [6.07, 6.45) is 3.09. The van der Waals surface area contributed by atoms with E-state index in [9.17, 15) is 15.3 Å². The third-order valence-electron chi connectivity index (χ3n) is 9.77. The predicted molar refractivity (Wildman–Crippen MR) is 172 cm³/mol. The Morgan fingerprint density at radius 1 is 0.756 bits per heavy atom. The molecule has 0 amide bonds. The Morgan fingerprint density at radius 2 is 1.42 bits per heavy atom. The van der Waals surface area contributed by atoms with Crippen LogP contribution in [0.2, 0.25) is 0 Å². The van der Waals surface area contributed by atoms with Crippen LogP contribution in [0.5, 0.6) is 34.5 Å². The van der Waals surface area contributed by atoms with Crippen molar-refractivity contribution in [1.29, 1.82) is 0 Å². The lowest BCUT2D eigenvalue weighted by Gasteiger charge is -2.37. The second kappa shape index (κ2) is 12.0. The molecule has 0 aliphatic carbocycles. The summed E-state index contributed by atoms with van der Waals surface area (Å²) in [5.41, 5.74) is 8.05. The maximum atomic E-state index is 10.7. The number of fused-ring (bicyclic) bond motifs is 2. The van der Waals surface area contributed by atoms with Gasteiger partial charge in [0.05, 0.1) is 20.3 Å². The van der Waals surface area contributed by atoms with Gasteiger partial charge in [0.1, 0.15) is 11.5 Å². The van der Waals surface area contributed by atoms with E-state index in [2.05, 4.69) is 54.2 Å². The van der Waals surface area contributed by atoms with Gasteiger partial charge in [0.25, 0.3) is 0 Å². The Hall–Kier alpha value is -4.08. The normalized spacial score (nSPS) is 19.6. The monoisotopic (exact) mass is 608 g/mol. The van der Waals surface area contributed by atoms with Gasteiger partial charge in [0.15, 0.2) is 23.0 Å². The van der Waals surface area contributed by atoms with E-state index in [4.69, 9.17) is 14.2 Å². The molecule has 234 valence electrons. The molecule has 0 radical (unpaired) electrons. The van der Waals surface area contributed by atoms with Crippen LogP contribution in [0.1, 0.15) is 56.6 Å². The van der Waals surface area contributed by atoms with Gasteiger partial charge in [-0.3, -0.25) is 9.80 Å². The lowest BCUT2D eigenvalue weighted by atomic mass is 9.86. The molecule has 0 spiro atoms. The van der Waals surface area contributed by atoms with Crippen molar-refractivity contribution in [2.75, 3.05) is 34.3 Å². The highest BCUT2D eigenvalue weighted by molar-refractivity contribution is 5.60. The van der Waals surface area contributed by atoms with Crippen LogP contribution in [0.4, 0.5) is 0 Å². The van der Waals surface area contributed by atoms with Crippen molar-refractivity contribution in [1.82, 2.24) is 9.80 Å². The zero-order chi connectivity index (χ0) is 31.2. The molecule has 0 saturated carbocycles. The second-order valence-electron chi connectivity index (χ2n) is 12.5. The van der Waals surface area contributed by atoms with Crippen LogP contribution in [0.3, 0.4) is 0 Å². The van der Waals surface area contributed by atoms with Gasteiger partial charge >= 0.3 is 0 Å². The number of methoxy groups -OCH3 is 1. The van der Waals surface area contributed by atoms with Crippen LogP contribution in [0.25, 0.3) is 0 Å². The summed E-state index contributed by atoms with van der Waals surface area (Å²) >= 11 is 0. The first kappa shape index (κ1) is 29.6. The summed E-state index contributed by atoms with van der Waals surface area (Å²) in [4.78, 5) is 4.68. The molecule has 0 unspecified atom stereocenters. The molecule has 0 aromatic heterocycles. The van der Waals surface area contributed by atoms with E-state index in [0.717, 1.165) is 53.7 Å². The van der Waals surface area contributed by atoms with Gasteiger partial charge < -0.3 is 29.5 Å². The molecule has 4 aromatic carbocycles. The number of aromatic hydroxyl groups is 1. The first-order valence-corrected chi connectivity index (χ1v) is 15.6. The van der Waals surface area contributed by atoms with Gasteiger partial charge in [0.2, 0.25) is 0 Å². The van der Waals surface area contributed by atoms with Crippen molar-refractivity contribution < 1.29 is 29.5 Å². The van der Waals surface area contributed by atoms with Crippen LogP contribution in [0.15, 0.2) is 60.7 Å². The summed E-state index contributed by atoms with van der Waals surface area (Å²) in [7, 11) is 5.87. The molecule has 45 heavy (non-hydrogen) atoms. The number of likely N-dealkylation sites (N-methyl/N-ethyl adjacent to an activating group) is 2. The molecule has 8 heteroatoms. The first-order valence-electron chi connectivity index (χ1n) is 15.6. The van der Waals surface area contributed by atoms with Crippen molar-refractivity contribution >= 4 is 0 Å². The van der Waals surface area contributed by atoms with Crippen molar-refractivity contribution in [3.05, 3.63) is 105 Å². The summed E-state index contributed by atoms with van der Waals surface area (Å²) in [5.74, 6) is 2.87. The molecule has 0 saturated heterocycles. The molecule has 8 nitrogen and oxygen atoms in total. The average Bonchev–Trinajstić information content (AvgIpc) is 3.05. The first-order chi connectivity index (χ1) is 21.9. The highest BCUT2D eigenvalue weighted by Crippen LogP contribution is 2.48. The van der Waals surface area contributed by atoms with Gasteiger partial charge in [-0.05, 0) is 110 Å². The summed E-state index contributed by atoms with van der Waals surface area (Å²) in [5, 5.41) is 31.6. The van der Waals surface area contributed by atoms with E-state index < -0.39 is 0 Å². The fourth-order valence-electron chi connectivity index (χ4n) is 7.25. The molecule has 4 aliphatic rings. The number of aliphatic hydroxyl groups is 2. The molecule has 2 atom stereocenters. The lowest BCUT2D eigenvalue weighted by Crippen LogP contribution is -2.34. The Bertz CT molecular complexity index is 1740. The smallest absolute Gasteiger partial charge is 0.174 e. The van der Waals surface area contributed by atoms with E-state index in [1.165, 1.54) is 5.56 Å². The largest absolute Gasteiger partial charge is 0.504 e. The minimum Gasteiger partial charge on any atom is -0.504 e. The fraction of sp³-hybridized carbons (Fsp3) is 0.351. The van der Waals surface area contributed by atoms with Gasteiger partial charge in [-0.25, -0.2) is 0 Å². The number of phenolic OH excluding ortho intramolecular Hbond substituents is 1. The molecule has 4 heterocycles. The summed E-state index contributed by atoms with van der Waals surface area (Å²) in [6.45, 7) is 1.40. The Kier molecular flexibility index (Phi) is 7.91. The number of ether oxygens (including phenoxy) is 3. The third kappa shape index (κ3) is 5.42. The molecular weight excluding hydrogens is 568 g/mol. The van der Waals surface area contributed by atoms with Crippen LogP contribution >= 0.6 is 0 Å². The number of hydrogen-bond acceptors (Lipinski definition) is 8. The maximum Gasteiger partial charge on any atom is 0.174 e. The van der Waals surface area contributed by atoms with Crippen LogP contribution in [-0.2, 0) is 38.9 Å². The number of phenols is 1. The van der Waals surface area contributed by atoms with Crippen molar-refractivity contribution in [3.8, 4) is 34.5 Å². The Morgan fingerprint density at radius 3 is 2.16 bits per heavy atom. The standard InChI is InChI=1S/C37H40N2O6/c1-38-12-10-24-17-26(20-40)33-19-29(24)30(38)15-23-6-9-32(42)34(16-23)44-28-7-4-22(5-8-28)14-31-35-25(11-13-39(31)2)18-27(21-41)36(43-3)37(35)45-33/h4-9,16-19,30-31,40-42H,10-15,20-21H2,1-3H3/t30-,31+/m0/s1. The van der Waals surface area contributed by atoms with Crippen molar-refractivity contribution in [2.45, 2.75) is 51.0 Å². The number of benzene rings is 4. The van der Waals surface area contributed by atoms with Crippen LogP contribution < -0.4 is 14.2 Å². The molecule has 6 bridgehead atoms. The van der Waals surface area contributed by atoms with E-state index in [-0.39, 0.29) is 31.0 Å². The zero-order valence-electron chi connectivity index (χ0n) is 26.0. The summed E-state index contributed by atoms with van der Waals surface area (Å²) in [6, 6.07) is 19.8. The highest BCUT2D eigenvalue weighted by Gasteiger charge is 2.34. The second-order valence-corrected chi connectivity index (χ2v) is 12.5. The lowest BCUT2D eigenvalue weighted by molar-refractivity contribution is 0.219. The van der Waals surface area contributed by atoms with Gasteiger partial charge in [-0.2, -0.15) is 0 Å².